The second-order valence-electron chi connectivity index (χ2n) is 3.92. The summed E-state index contributed by atoms with van der Waals surface area (Å²) in [6.45, 7) is -0.283. The summed E-state index contributed by atoms with van der Waals surface area (Å²) in [5.74, 6) is -0.995. The fourth-order valence-electron chi connectivity index (χ4n) is 2.49. The van der Waals surface area contributed by atoms with Gasteiger partial charge in [0.15, 0.2) is 0 Å². The largest absolute Gasteiger partial charge is 0.480 e. The highest BCUT2D eigenvalue weighted by Crippen LogP contribution is 2.37. The van der Waals surface area contributed by atoms with Gasteiger partial charge in [0.25, 0.3) is 0 Å². The number of amides is 2. The second kappa shape index (κ2) is 3.48. The van der Waals surface area contributed by atoms with Crippen LogP contribution in [0.1, 0.15) is 25.7 Å². The van der Waals surface area contributed by atoms with Crippen LogP contribution in [0, 0.1) is 0 Å². The standard InChI is InChI=1S/C9H14N2O3/c12-8(13)5-10-9(14)11-6-1-2-7(11)4-3-6/h6-7H,1-5H2,(H,10,14)(H,12,13). The SMILES string of the molecule is O=C(O)CNC(=O)N1C2CCC1CC2. The van der Waals surface area contributed by atoms with Crippen molar-refractivity contribution in [2.45, 2.75) is 37.8 Å². The number of carbonyl (C=O) groups is 2. The van der Waals surface area contributed by atoms with Crippen LogP contribution in [0.15, 0.2) is 0 Å². The molecule has 0 aromatic carbocycles. The first-order valence-corrected chi connectivity index (χ1v) is 4.96. The van der Waals surface area contributed by atoms with E-state index < -0.39 is 5.97 Å². The Morgan fingerprint density at radius 3 is 2.14 bits per heavy atom. The molecule has 0 unspecified atom stereocenters. The second-order valence-corrected chi connectivity index (χ2v) is 3.92. The van der Waals surface area contributed by atoms with Gasteiger partial charge in [0, 0.05) is 12.1 Å². The van der Waals surface area contributed by atoms with E-state index in [1.165, 1.54) is 0 Å². The molecule has 2 aliphatic rings. The minimum absolute atomic E-state index is 0.211. The lowest BCUT2D eigenvalue weighted by molar-refractivity contribution is -0.135. The molecule has 14 heavy (non-hydrogen) atoms. The molecule has 2 rings (SSSR count). The van der Waals surface area contributed by atoms with Crippen LogP contribution in [0.3, 0.4) is 0 Å². The van der Waals surface area contributed by atoms with E-state index in [4.69, 9.17) is 5.11 Å². The van der Waals surface area contributed by atoms with E-state index in [1.54, 1.807) is 0 Å². The van der Waals surface area contributed by atoms with E-state index in [-0.39, 0.29) is 12.6 Å². The number of aliphatic carboxylic acids is 1. The van der Waals surface area contributed by atoms with Crippen LogP contribution in [0.25, 0.3) is 0 Å². The lowest BCUT2D eigenvalue weighted by Gasteiger charge is -2.21. The Bertz CT molecular complexity index is 247. The van der Waals surface area contributed by atoms with Crippen molar-refractivity contribution in [2.24, 2.45) is 0 Å². The third kappa shape index (κ3) is 1.54. The number of rotatable bonds is 2. The van der Waals surface area contributed by atoms with Crippen molar-refractivity contribution in [2.75, 3.05) is 6.54 Å². The maximum absolute atomic E-state index is 11.6. The normalized spacial score (nSPS) is 29.3. The molecule has 2 saturated heterocycles. The van der Waals surface area contributed by atoms with E-state index in [1.807, 2.05) is 4.90 Å². The summed E-state index contributed by atoms with van der Waals surface area (Å²) in [6, 6.07) is 0.500. The van der Waals surface area contributed by atoms with Gasteiger partial charge >= 0.3 is 12.0 Å². The molecule has 0 radical (unpaired) electrons. The molecular weight excluding hydrogens is 184 g/mol. The maximum Gasteiger partial charge on any atom is 0.323 e. The molecule has 2 heterocycles. The van der Waals surface area contributed by atoms with E-state index >= 15 is 0 Å². The Hall–Kier alpha value is -1.26. The number of nitrogens with one attached hydrogen (secondary N) is 1. The number of carbonyl (C=O) groups excluding carboxylic acids is 1. The molecule has 5 heteroatoms. The number of carboxylic acids is 1. The summed E-state index contributed by atoms with van der Waals surface area (Å²) in [6.07, 6.45) is 4.30. The van der Waals surface area contributed by atoms with Crippen LogP contribution in [0.4, 0.5) is 4.79 Å². The molecule has 0 saturated carbocycles. The van der Waals surface area contributed by atoms with Gasteiger partial charge in [-0.2, -0.15) is 0 Å². The van der Waals surface area contributed by atoms with Crippen LogP contribution in [0.2, 0.25) is 0 Å². The van der Waals surface area contributed by atoms with E-state index in [0.717, 1.165) is 25.7 Å². The average Bonchev–Trinajstić information content (AvgIpc) is 2.73. The Kier molecular flexibility index (Phi) is 2.31. The lowest BCUT2D eigenvalue weighted by atomic mass is 10.0. The summed E-state index contributed by atoms with van der Waals surface area (Å²) in [4.78, 5) is 23.6. The van der Waals surface area contributed by atoms with Crippen LogP contribution in [0.5, 0.6) is 0 Å². The lowest BCUT2D eigenvalue weighted by Crippen LogP contribution is -2.44. The molecule has 2 fully saturated rings. The van der Waals surface area contributed by atoms with E-state index in [0.29, 0.717) is 12.1 Å². The quantitative estimate of drug-likeness (QED) is 0.675. The molecule has 0 aromatic rings. The third-order valence-electron chi connectivity index (χ3n) is 3.08. The molecule has 0 aromatic heterocycles. The van der Waals surface area contributed by atoms with Crippen molar-refractivity contribution in [3.8, 4) is 0 Å². The van der Waals surface area contributed by atoms with Gasteiger partial charge in [-0.3, -0.25) is 4.79 Å². The number of urea groups is 1. The zero-order chi connectivity index (χ0) is 10.1. The molecule has 2 bridgehead atoms. The highest BCUT2D eigenvalue weighted by molar-refractivity contribution is 5.80. The minimum Gasteiger partial charge on any atom is -0.480 e. The smallest absolute Gasteiger partial charge is 0.323 e. The first-order valence-electron chi connectivity index (χ1n) is 4.96. The average molecular weight is 198 g/mol. The highest BCUT2D eigenvalue weighted by Gasteiger charge is 2.42. The summed E-state index contributed by atoms with van der Waals surface area (Å²) in [5.41, 5.74) is 0. The molecule has 2 amide bonds. The Morgan fingerprint density at radius 2 is 1.71 bits per heavy atom. The van der Waals surface area contributed by atoms with Gasteiger partial charge < -0.3 is 15.3 Å². The number of nitrogens with zero attached hydrogens (tertiary/aromatic N) is 1. The van der Waals surface area contributed by atoms with Gasteiger partial charge in [-0.25, -0.2) is 4.79 Å². The van der Waals surface area contributed by atoms with Gasteiger partial charge in [0.1, 0.15) is 6.54 Å². The molecular formula is C9H14N2O3. The fourth-order valence-corrected chi connectivity index (χ4v) is 2.49. The predicted molar refractivity (Wildman–Crippen MR) is 48.9 cm³/mol. The van der Waals surface area contributed by atoms with E-state index in [9.17, 15) is 9.59 Å². The van der Waals surface area contributed by atoms with Crippen molar-refractivity contribution in [1.82, 2.24) is 10.2 Å². The predicted octanol–water partition coefficient (Wildman–Crippen LogP) is 0.407. The first-order chi connectivity index (χ1) is 6.68. The number of carboxylic acid groups (broad SMARTS) is 1. The summed E-state index contributed by atoms with van der Waals surface area (Å²) in [7, 11) is 0. The van der Waals surface area contributed by atoms with Gasteiger partial charge in [-0.05, 0) is 25.7 Å². The van der Waals surface area contributed by atoms with Crippen molar-refractivity contribution < 1.29 is 14.7 Å². The first kappa shape index (κ1) is 9.30. The molecule has 2 aliphatic heterocycles. The Balaban J connectivity index is 1.89. The van der Waals surface area contributed by atoms with Crippen LogP contribution < -0.4 is 5.32 Å². The third-order valence-corrected chi connectivity index (χ3v) is 3.08. The van der Waals surface area contributed by atoms with Gasteiger partial charge in [0.2, 0.25) is 0 Å². The minimum atomic E-state index is -0.995. The van der Waals surface area contributed by atoms with Crippen molar-refractivity contribution >= 4 is 12.0 Å². The zero-order valence-electron chi connectivity index (χ0n) is 7.90. The maximum atomic E-state index is 11.6. The zero-order valence-corrected chi connectivity index (χ0v) is 7.90. The Morgan fingerprint density at radius 1 is 1.21 bits per heavy atom. The van der Waals surface area contributed by atoms with Gasteiger partial charge in [0.05, 0.1) is 0 Å². The van der Waals surface area contributed by atoms with E-state index in [2.05, 4.69) is 5.32 Å². The Labute approximate surface area is 82.1 Å². The molecule has 0 spiro atoms. The van der Waals surface area contributed by atoms with Crippen LogP contribution in [-0.4, -0.2) is 40.6 Å². The van der Waals surface area contributed by atoms with Crippen LogP contribution >= 0.6 is 0 Å². The summed E-state index contributed by atoms with van der Waals surface area (Å²) in [5, 5.41) is 10.8. The molecule has 78 valence electrons. The fraction of sp³-hybridized carbons (Fsp3) is 0.778. The summed E-state index contributed by atoms with van der Waals surface area (Å²) >= 11 is 0. The van der Waals surface area contributed by atoms with Crippen molar-refractivity contribution in [3.05, 3.63) is 0 Å². The van der Waals surface area contributed by atoms with Gasteiger partial charge in [-0.15, -0.1) is 0 Å². The topological polar surface area (TPSA) is 69.6 Å². The number of hydrogen-bond donors (Lipinski definition) is 2. The molecule has 2 N–H and O–H groups in total. The van der Waals surface area contributed by atoms with Crippen LogP contribution in [-0.2, 0) is 4.79 Å². The van der Waals surface area contributed by atoms with Crippen molar-refractivity contribution in [1.29, 1.82) is 0 Å². The number of hydrogen-bond acceptors (Lipinski definition) is 2. The van der Waals surface area contributed by atoms with Gasteiger partial charge in [-0.1, -0.05) is 0 Å². The summed E-state index contributed by atoms with van der Waals surface area (Å²) < 4.78 is 0. The molecule has 5 nitrogen and oxygen atoms in total. The highest BCUT2D eigenvalue weighted by atomic mass is 16.4. The molecule has 0 atom stereocenters. The van der Waals surface area contributed by atoms with Crippen molar-refractivity contribution in [3.63, 3.8) is 0 Å². The monoisotopic (exact) mass is 198 g/mol. The number of fused-ring (bicyclic) bond motifs is 2. The molecule has 0 aliphatic carbocycles.